The maximum absolute atomic E-state index is 5.92. The van der Waals surface area contributed by atoms with E-state index in [4.69, 9.17) is 9.47 Å². The molecule has 0 bridgehead atoms. The van der Waals surface area contributed by atoms with Crippen molar-refractivity contribution in [3.05, 3.63) is 59.7 Å². The molecule has 0 saturated heterocycles. The SMILES string of the molecule is CN=C(NCCc1ccc(OC)cc1)NCc1ccccc1OCCN(C)C. The second-order valence-electron chi connectivity index (χ2n) is 6.71. The molecule has 2 aromatic carbocycles. The molecule has 6 heteroatoms. The number of ether oxygens (including phenoxy) is 2. The third-order valence-electron chi connectivity index (χ3n) is 4.30. The van der Waals surface area contributed by atoms with Crippen LogP contribution in [0.4, 0.5) is 0 Å². The molecule has 0 atom stereocenters. The van der Waals surface area contributed by atoms with Gasteiger partial charge in [0.25, 0.3) is 0 Å². The van der Waals surface area contributed by atoms with Gasteiger partial charge in [-0.3, -0.25) is 4.99 Å². The zero-order chi connectivity index (χ0) is 20.2. The van der Waals surface area contributed by atoms with Gasteiger partial charge < -0.3 is 25.0 Å². The Morgan fingerprint density at radius 2 is 1.79 bits per heavy atom. The van der Waals surface area contributed by atoms with Crippen LogP contribution in [0.1, 0.15) is 11.1 Å². The average Bonchev–Trinajstić information content (AvgIpc) is 2.71. The lowest BCUT2D eigenvalue weighted by Crippen LogP contribution is -2.38. The number of nitrogens with one attached hydrogen (secondary N) is 2. The van der Waals surface area contributed by atoms with Crippen LogP contribution in [0.15, 0.2) is 53.5 Å². The number of aliphatic imine (C=N–C) groups is 1. The van der Waals surface area contributed by atoms with Gasteiger partial charge >= 0.3 is 0 Å². The van der Waals surface area contributed by atoms with Crippen LogP contribution in [-0.4, -0.2) is 58.8 Å². The molecule has 0 saturated carbocycles. The second-order valence-corrected chi connectivity index (χ2v) is 6.71. The van der Waals surface area contributed by atoms with Gasteiger partial charge in [0.1, 0.15) is 18.1 Å². The smallest absolute Gasteiger partial charge is 0.191 e. The minimum Gasteiger partial charge on any atom is -0.497 e. The van der Waals surface area contributed by atoms with Crippen LogP contribution in [-0.2, 0) is 13.0 Å². The highest BCUT2D eigenvalue weighted by atomic mass is 16.5. The number of guanidine groups is 1. The Morgan fingerprint density at radius 3 is 2.46 bits per heavy atom. The van der Waals surface area contributed by atoms with Crippen molar-refractivity contribution in [3.63, 3.8) is 0 Å². The van der Waals surface area contributed by atoms with Gasteiger partial charge in [0, 0.05) is 32.2 Å². The van der Waals surface area contributed by atoms with Gasteiger partial charge in [-0.2, -0.15) is 0 Å². The van der Waals surface area contributed by atoms with E-state index in [-0.39, 0.29) is 0 Å². The molecule has 152 valence electrons. The normalized spacial score (nSPS) is 11.4. The minimum absolute atomic E-state index is 0.653. The van der Waals surface area contributed by atoms with Crippen LogP contribution in [0.2, 0.25) is 0 Å². The van der Waals surface area contributed by atoms with Gasteiger partial charge in [0.05, 0.1) is 7.11 Å². The van der Waals surface area contributed by atoms with E-state index in [2.05, 4.69) is 38.7 Å². The number of para-hydroxylation sites is 1. The summed E-state index contributed by atoms with van der Waals surface area (Å²) in [4.78, 5) is 6.41. The highest BCUT2D eigenvalue weighted by Gasteiger charge is 2.05. The Kier molecular flexibility index (Phi) is 9.15. The Balaban J connectivity index is 1.80. The fraction of sp³-hybridized carbons (Fsp3) is 0.409. The molecule has 0 aliphatic carbocycles. The molecule has 0 amide bonds. The van der Waals surface area contributed by atoms with Crippen molar-refractivity contribution >= 4 is 5.96 Å². The van der Waals surface area contributed by atoms with Gasteiger partial charge in [-0.1, -0.05) is 30.3 Å². The zero-order valence-corrected chi connectivity index (χ0v) is 17.4. The Morgan fingerprint density at radius 1 is 1.04 bits per heavy atom. The van der Waals surface area contributed by atoms with Crippen molar-refractivity contribution in [2.45, 2.75) is 13.0 Å². The molecule has 6 nitrogen and oxygen atoms in total. The van der Waals surface area contributed by atoms with Crippen LogP contribution >= 0.6 is 0 Å². The maximum atomic E-state index is 5.92. The van der Waals surface area contributed by atoms with Crippen molar-refractivity contribution in [1.82, 2.24) is 15.5 Å². The van der Waals surface area contributed by atoms with Gasteiger partial charge in [-0.15, -0.1) is 0 Å². The molecular formula is C22H32N4O2. The van der Waals surface area contributed by atoms with Crippen molar-refractivity contribution in [2.75, 3.05) is 47.9 Å². The van der Waals surface area contributed by atoms with Crippen molar-refractivity contribution < 1.29 is 9.47 Å². The van der Waals surface area contributed by atoms with E-state index in [0.717, 1.165) is 42.5 Å². The van der Waals surface area contributed by atoms with Crippen LogP contribution in [0.3, 0.4) is 0 Å². The number of nitrogens with zero attached hydrogens (tertiary/aromatic N) is 2. The highest BCUT2D eigenvalue weighted by Crippen LogP contribution is 2.17. The standard InChI is InChI=1S/C22H32N4O2/c1-23-22(24-14-13-18-9-11-20(27-4)12-10-18)25-17-19-7-5-6-8-21(19)28-16-15-26(2)3/h5-12H,13-17H2,1-4H3,(H2,23,24,25). The molecule has 0 unspecified atom stereocenters. The second kappa shape index (κ2) is 11.9. The molecule has 0 spiro atoms. The molecule has 0 fully saturated rings. The molecule has 2 rings (SSSR count). The van der Waals surface area contributed by atoms with Crippen molar-refractivity contribution in [1.29, 1.82) is 0 Å². The Labute approximate surface area is 168 Å². The van der Waals surface area contributed by atoms with E-state index < -0.39 is 0 Å². The quantitative estimate of drug-likeness (QED) is 0.487. The summed E-state index contributed by atoms with van der Waals surface area (Å²) in [6.07, 6.45) is 0.912. The molecule has 0 radical (unpaired) electrons. The van der Waals surface area contributed by atoms with Gasteiger partial charge in [-0.25, -0.2) is 0 Å². The predicted octanol–water partition coefficient (Wildman–Crippen LogP) is 2.54. The van der Waals surface area contributed by atoms with E-state index in [1.165, 1.54) is 5.56 Å². The summed E-state index contributed by atoms with van der Waals surface area (Å²) in [5.41, 5.74) is 2.36. The summed E-state index contributed by atoms with van der Waals surface area (Å²) in [5, 5.41) is 6.71. The molecule has 0 aliphatic heterocycles. The number of rotatable bonds is 10. The third-order valence-corrected chi connectivity index (χ3v) is 4.30. The van der Waals surface area contributed by atoms with Crippen molar-refractivity contribution in [2.24, 2.45) is 4.99 Å². The summed E-state index contributed by atoms with van der Waals surface area (Å²) < 4.78 is 11.1. The summed E-state index contributed by atoms with van der Waals surface area (Å²) in [6, 6.07) is 16.2. The van der Waals surface area contributed by atoms with Crippen LogP contribution < -0.4 is 20.1 Å². The first kappa shape index (κ1) is 21.6. The first-order chi connectivity index (χ1) is 13.6. The third kappa shape index (κ3) is 7.48. The molecule has 0 aliphatic rings. The van der Waals surface area contributed by atoms with E-state index in [1.807, 2.05) is 44.4 Å². The number of benzene rings is 2. The van der Waals surface area contributed by atoms with Crippen LogP contribution in [0.25, 0.3) is 0 Å². The summed E-state index contributed by atoms with van der Waals surface area (Å²) in [6.45, 7) is 3.00. The molecular weight excluding hydrogens is 352 g/mol. The monoisotopic (exact) mass is 384 g/mol. The lowest BCUT2D eigenvalue weighted by atomic mass is 10.1. The molecule has 28 heavy (non-hydrogen) atoms. The highest BCUT2D eigenvalue weighted by molar-refractivity contribution is 5.79. The predicted molar refractivity (Wildman–Crippen MR) is 115 cm³/mol. The molecule has 0 aromatic heterocycles. The molecule has 2 aromatic rings. The Hall–Kier alpha value is -2.73. The largest absolute Gasteiger partial charge is 0.497 e. The van der Waals surface area contributed by atoms with E-state index in [0.29, 0.717) is 13.2 Å². The maximum Gasteiger partial charge on any atom is 0.191 e. The van der Waals surface area contributed by atoms with Crippen LogP contribution in [0, 0.1) is 0 Å². The summed E-state index contributed by atoms with van der Waals surface area (Å²) in [5.74, 6) is 2.56. The van der Waals surface area contributed by atoms with E-state index >= 15 is 0 Å². The number of likely N-dealkylation sites (N-methyl/N-ethyl adjacent to an activating group) is 1. The average molecular weight is 385 g/mol. The van der Waals surface area contributed by atoms with E-state index in [9.17, 15) is 0 Å². The number of hydrogen-bond donors (Lipinski definition) is 2. The first-order valence-electron chi connectivity index (χ1n) is 9.55. The van der Waals surface area contributed by atoms with Gasteiger partial charge in [0.15, 0.2) is 5.96 Å². The fourth-order valence-corrected chi connectivity index (χ4v) is 2.65. The zero-order valence-electron chi connectivity index (χ0n) is 17.4. The van der Waals surface area contributed by atoms with Crippen LogP contribution in [0.5, 0.6) is 11.5 Å². The lowest BCUT2D eigenvalue weighted by Gasteiger charge is -2.16. The summed E-state index contributed by atoms with van der Waals surface area (Å²) in [7, 11) is 7.54. The number of methoxy groups -OCH3 is 1. The molecule has 0 heterocycles. The van der Waals surface area contributed by atoms with E-state index in [1.54, 1.807) is 14.2 Å². The van der Waals surface area contributed by atoms with Gasteiger partial charge in [0.2, 0.25) is 0 Å². The fourth-order valence-electron chi connectivity index (χ4n) is 2.65. The Bertz CT molecular complexity index is 730. The van der Waals surface area contributed by atoms with Crippen molar-refractivity contribution in [3.8, 4) is 11.5 Å². The minimum atomic E-state index is 0.653. The molecule has 2 N–H and O–H groups in total. The topological polar surface area (TPSA) is 58.1 Å². The first-order valence-corrected chi connectivity index (χ1v) is 9.55. The van der Waals surface area contributed by atoms with Gasteiger partial charge in [-0.05, 0) is 44.3 Å². The summed E-state index contributed by atoms with van der Waals surface area (Å²) >= 11 is 0. The lowest BCUT2D eigenvalue weighted by molar-refractivity contribution is 0.259. The number of hydrogen-bond acceptors (Lipinski definition) is 4.